The van der Waals surface area contributed by atoms with Crippen LogP contribution in [0.3, 0.4) is 0 Å². The summed E-state index contributed by atoms with van der Waals surface area (Å²) in [6.07, 6.45) is -7.44. The molecular weight excluding hydrogens is 580 g/mol. The number of phenols is 4. The van der Waals surface area contributed by atoms with Crippen molar-refractivity contribution in [3.63, 3.8) is 0 Å². The summed E-state index contributed by atoms with van der Waals surface area (Å²) in [5.41, 5.74) is -0.193. The zero-order valence-electron chi connectivity index (χ0n) is 23.1. The van der Waals surface area contributed by atoms with Gasteiger partial charge in [0.15, 0.2) is 17.3 Å². The van der Waals surface area contributed by atoms with Crippen LogP contribution in [0.4, 0.5) is 0 Å². The first kappa shape index (κ1) is 30.6. The van der Waals surface area contributed by atoms with Gasteiger partial charge in [0.05, 0.1) is 0 Å². The van der Waals surface area contributed by atoms with Crippen LogP contribution < -0.4 is 10.2 Å². The van der Waals surface area contributed by atoms with E-state index in [9.17, 15) is 45.3 Å². The molecule has 1 aliphatic heterocycles. The molecule has 3 aromatic carbocycles. The lowest BCUT2D eigenvalue weighted by Gasteiger charge is -2.39. The predicted octanol–water partition coefficient (Wildman–Crippen LogP) is 2.03. The molecule has 1 aromatic heterocycles. The molecule has 0 aliphatic carbocycles. The Bertz CT molecular complexity index is 1700. The maximum absolute atomic E-state index is 13.6. The molecule has 0 bridgehead atoms. The maximum atomic E-state index is 13.6. The molecule has 0 saturated carbocycles. The first-order valence-electron chi connectivity index (χ1n) is 13.6. The summed E-state index contributed by atoms with van der Waals surface area (Å²) in [6, 6.07) is 14.9. The van der Waals surface area contributed by atoms with Gasteiger partial charge in [0.2, 0.25) is 17.5 Å². The number of fused-ring (bicyclic) bond motifs is 1. The standard InChI is InChI=1S/C31H30O13/c32-17-12-20(35)24-21(13-17)42-29(16-9-10-18(33)19(34)11-16)30(26(24)38)44-31-28(40)27(39)25(37)22(43-31)14-41-23(36)8-4-7-15-5-2-1-3-6-15/h1-3,5-6,9-13,22,25,27-28,31-35,37,39-40H,4,7-8,14H2/t22-,25-,27+,28-,31+/m1/s1. The second kappa shape index (κ2) is 12.8. The summed E-state index contributed by atoms with van der Waals surface area (Å²) in [7, 11) is 0. The number of esters is 1. The minimum absolute atomic E-state index is 0.00370. The van der Waals surface area contributed by atoms with Crippen molar-refractivity contribution in [1.29, 1.82) is 0 Å². The molecule has 232 valence electrons. The Morgan fingerprint density at radius 1 is 0.841 bits per heavy atom. The number of carbonyl (C=O) groups excluding carboxylic acids is 1. The van der Waals surface area contributed by atoms with Gasteiger partial charge < -0.3 is 54.4 Å². The highest BCUT2D eigenvalue weighted by Gasteiger charge is 2.46. The summed E-state index contributed by atoms with van der Waals surface area (Å²) in [5, 5.41) is 71.4. The highest BCUT2D eigenvalue weighted by Crippen LogP contribution is 2.39. The van der Waals surface area contributed by atoms with Gasteiger partial charge in [-0.15, -0.1) is 0 Å². The molecular formula is C31H30O13. The number of aliphatic hydroxyl groups is 3. The lowest BCUT2D eigenvalue weighted by Crippen LogP contribution is -2.60. The van der Waals surface area contributed by atoms with Gasteiger partial charge in [0.1, 0.15) is 53.5 Å². The average molecular weight is 611 g/mol. The van der Waals surface area contributed by atoms with E-state index in [1.807, 2.05) is 30.3 Å². The molecule has 1 saturated heterocycles. The third kappa shape index (κ3) is 6.40. The fourth-order valence-corrected chi connectivity index (χ4v) is 4.83. The molecule has 1 fully saturated rings. The smallest absolute Gasteiger partial charge is 0.305 e. The Labute approximate surface area is 249 Å². The predicted molar refractivity (Wildman–Crippen MR) is 152 cm³/mol. The largest absolute Gasteiger partial charge is 0.508 e. The number of aliphatic hydroxyl groups excluding tert-OH is 3. The topological polar surface area (TPSA) is 217 Å². The Kier molecular flexibility index (Phi) is 8.92. The number of hydrogen-bond donors (Lipinski definition) is 7. The van der Waals surface area contributed by atoms with Gasteiger partial charge in [0.25, 0.3) is 0 Å². The Morgan fingerprint density at radius 3 is 2.32 bits per heavy atom. The van der Waals surface area contributed by atoms with Crippen molar-refractivity contribution < 1.29 is 59.2 Å². The average Bonchev–Trinajstić information content (AvgIpc) is 2.99. The molecule has 0 spiro atoms. The first-order chi connectivity index (χ1) is 21.0. The Balaban J connectivity index is 1.38. The molecule has 1 aliphatic rings. The molecule has 13 nitrogen and oxygen atoms in total. The number of ether oxygens (including phenoxy) is 3. The quantitative estimate of drug-likeness (QED) is 0.107. The second-order valence-electron chi connectivity index (χ2n) is 10.3. The molecule has 4 aromatic rings. The van der Waals surface area contributed by atoms with Crippen LogP contribution in [0.2, 0.25) is 0 Å². The first-order valence-corrected chi connectivity index (χ1v) is 13.6. The van der Waals surface area contributed by atoms with Crippen molar-refractivity contribution >= 4 is 16.9 Å². The van der Waals surface area contributed by atoms with Crippen LogP contribution in [0.5, 0.6) is 28.7 Å². The lowest BCUT2D eigenvalue weighted by atomic mass is 9.99. The van der Waals surface area contributed by atoms with E-state index in [-0.39, 0.29) is 23.3 Å². The monoisotopic (exact) mass is 610 g/mol. The number of phenolic OH excluding ortho intramolecular Hbond substituents is 4. The van der Waals surface area contributed by atoms with Crippen molar-refractivity contribution in [3.05, 3.63) is 76.5 Å². The van der Waals surface area contributed by atoms with Gasteiger partial charge in [-0.1, -0.05) is 30.3 Å². The van der Waals surface area contributed by atoms with E-state index in [1.165, 1.54) is 6.07 Å². The van der Waals surface area contributed by atoms with E-state index in [1.54, 1.807) is 0 Å². The van der Waals surface area contributed by atoms with Gasteiger partial charge in [-0.3, -0.25) is 9.59 Å². The van der Waals surface area contributed by atoms with Crippen LogP contribution in [0.25, 0.3) is 22.3 Å². The number of aromatic hydroxyl groups is 4. The summed E-state index contributed by atoms with van der Waals surface area (Å²) in [4.78, 5) is 25.9. The highest BCUT2D eigenvalue weighted by molar-refractivity contribution is 5.88. The molecule has 0 radical (unpaired) electrons. The third-order valence-corrected chi connectivity index (χ3v) is 7.16. The van der Waals surface area contributed by atoms with Gasteiger partial charge in [0, 0.05) is 24.1 Å². The van der Waals surface area contributed by atoms with Crippen LogP contribution >= 0.6 is 0 Å². The highest BCUT2D eigenvalue weighted by atomic mass is 16.7. The number of hydrogen-bond acceptors (Lipinski definition) is 13. The van der Waals surface area contributed by atoms with Crippen LogP contribution in [-0.4, -0.2) is 79.0 Å². The van der Waals surface area contributed by atoms with Gasteiger partial charge in [-0.05, 0) is 36.6 Å². The molecule has 13 heteroatoms. The van der Waals surface area contributed by atoms with Crippen LogP contribution in [0.15, 0.2) is 69.9 Å². The SMILES string of the molecule is O=C(CCCc1ccccc1)OC[C@H]1O[C@@H](Oc2c(-c3ccc(O)c(O)c3)oc3cc(O)cc(O)c3c2=O)[C@H](O)[C@@H](O)[C@@H]1O. The van der Waals surface area contributed by atoms with Crippen molar-refractivity contribution in [2.45, 2.75) is 50.0 Å². The molecule has 0 unspecified atom stereocenters. The Morgan fingerprint density at radius 2 is 1.59 bits per heavy atom. The Hall–Kier alpha value is -4.82. The van der Waals surface area contributed by atoms with Crippen molar-refractivity contribution in [2.75, 3.05) is 6.61 Å². The fraction of sp³-hybridized carbons (Fsp3) is 0.290. The minimum Gasteiger partial charge on any atom is -0.508 e. The second-order valence-corrected chi connectivity index (χ2v) is 10.3. The van der Waals surface area contributed by atoms with Crippen LogP contribution in [-0.2, 0) is 20.7 Å². The summed E-state index contributed by atoms with van der Waals surface area (Å²) in [6.45, 7) is -0.514. The zero-order valence-corrected chi connectivity index (χ0v) is 23.1. The van der Waals surface area contributed by atoms with E-state index in [4.69, 9.17) is 18.6 Å². The van der Waals surface area contributed by atoms with E-state index in [2.05, 4.69) is 0 Å². The van der Waals surface area contributed by atoms with Crippen molar-refractivity contribution in [1.82, 2.24) is 0 Å². The zero-order chi connectivity index (χ0) is 31.5. The summed E-state index contributed by atoms with van der Waals surface area (Å²) < 4.78 is 22.3. The maximum Gasteiger partial charge on any atom is 0.305 e. The van der Waals surface area contributed by atoms with Crippen molar-refractivity contribution in [2.24, 2.45) is 0 Å². The minimum atomic E-state index is -1.91. The van der Waals surface area contributed by atoms with Crippen molar-refractivity contribution in [3.8, 4) is 40.1 Å². The third-order valence-electron chi connectivity index (χ3n) is 7.16. The molecule has 5 rings (SSSR count). The molecule has 5 atom stereocenters. The van der Waals surface area contributed by atoms with E-state index in [0.717, 1.165) is 29.8 Å². The van der Waals surface area contributed by atoms with E-state index < -0.39 is 82.8 Å². The van der Waals surface area contributed by atoms with Crippen LogP contribution in [0.1, 0.15) is 18.4 Å². The molecule has 7 N–H and O–H groups in total. The van der Waals surface area contributed by atoms with Gasteiger partial charge in [-0.2, -0.15) is 0 Å². The normalized spacial score (nSPS) is 21.7. The lowest BCUT2D eigenvalue weighted by molar-refractivity contribution is -0.278. The van der Waals surface area contributed by atoms with Gasteiger partial charge in [-0.25, -0.2) is 0 Å². The fourth-order valence-electron chi connectivity index (χ4n) is 4.83. The molecule has 44 heavy (non-hydrogen) atoms. The number of benzene rings is 3. The number of rotatable bonds is 9. The summed E-state index contributed by atoms with van der Waals surface area (Å²) >= 11 is 0. The number of aryl methyl sites for hydroxylation is 1. The van der Waals surface area contributed by atoms with Crippen LogP contribution in [0, 0.1) is 0 Å². The number of carbonyl (C=O) groups is 1. The summed E-state index contributed by atoms with van der Waals surface area (Å²) in [5.74, 6) is -3.72. The van der Waals surface area contributed by atoms with E-state index in [0.29, 0.717) is 12.8 Å². The van der Waals surface area contributed by atoms with E-state index >= 15 is 0 Å². The molecule has 2 heterocycles. The molecule has 0 amide bonds. The van der Waals surface area contributed by atoms with Gasteiger partial charge >= 0.3 is 5.97 Å².